The number of aromatic nitrogens is 1. The van der Waals surface area contributed by atoms with Crippen LogP contribution in [0.4, 0.5) is 10.5 Å². The van der Waals surface area contributed by atoms with Gasteiger partial charge in [0.15, 0.2) is 5.76 Å². The number of rotatable bonds is 5. The molecule has 3 aromatic rings. The molecule has 1 amide bonds. The van der Waals surface area contributed by atoms with E-state index >= 15 is 0 Å². The van der Waals surface area contributed by atoms with E-state index < -0.39 is 6.09 Å². The quantitative estimate of drug-likeness (QED) is 0.477. The van der Waals surface area contributed by atoms with Crippen LogP contribution in [-0.2, 0) is 4.74 Å². The van der Waals surface area contributed by atoms with Crippen LogP contribution >= 0.6 is 0 Å². The molecule has 162 valence electrons. The Hall–Kier alpha value is -3.08. The van der Waals surface area contributed by atoms with Gasteiger partial charge in [0.05, 0.1) is 0 Å². The summed E-state index contributed by atoms with van der Waals surface area (Å²) in [5.74, 6) is 1.30. The highest BCUT2D eigenvalue weighted by Gasteiger charge is 2.26. The zero-order chi connectivity index (χ0) is 22.2. The van der Waals surface area contributed by atoms with Gasteiger partial charge in [-0.1, -0.05) is 74.5 Å². The molecule has 5 nitrogen and oxygen atoms in total. The first-order valence-corrected chi connectivity index (χ1v) is 10.9. The minimum Gasteiger partial charge on any atom is -0.446 e. The van der Waals surface area contributed by atoms with Crippen LogP contribution in [-0.4, -0.2) is 17.4 Å². The minimum absolute atomic E-state index is 0.142. The average Bonchev–Trinajstić information content (AvgIpc) is 3.52. The minimum atomic E-state index is -0.512. The van der Waals surface area contributed by atoms with Crippen molar-refractivity contribution in [2.75, 3.05) is 5.32 Å². The van der Waals surface area contributed by atoms with Gasteiger partial charge in [0.25, 0.3) is 0 Å². The predicted octanol–water partition coefficient (Wildman–Crippen LogP) is 7.18. The summed E-state index contributed by atoms with van der Waals surface area (Å²) in [6, 6.07) is 16.9. The Morgan fingerprint density at radius 3 is 2.13 bits per heavy atom. The van der Waals surface area contributed by atoms with Crippen LogP contribution in [0.15, 0.2) is 53.1 Å². The molecule has 0 unspecified atom stereocenters. The molecule has 2 aromatic carbocycles. The monoisotopic (exact) mass is 418 g/mol. The second kappa shape index (κ2) is 8.22. The summed E-state index contributed by atoms with van der Waals surface area (Å²) in [6.07, 6.45) is 1.87. The number of carbonyl (C=O) groups excluding carboxylic acids is 1. The molecule has 1 aromatic heterocycles. The molecule has 0 aliphatic heterocycles. The number of hydrogen-bond acceptors (Lipinski definition) is 4. The molecule has 1 saturated carbocycles. The Morgan fingerprint density at radius 1 is 1.03 bits per heavy atom. The van der Waals surface area contributed by atoms with E-state index in [0.29, 0.717) is 17.1 Å². The zero-order valence-electron chi connectivity index (χ0n) is 18.9. The zero-order valence-corrected chi connectivity index (χ0v) is 18.9. The topological polar surface area (TPSA) is 64.4 Å². The van der Waals surface area contributed by atoms with Crippen molar-refractivity contribution >= 4 is 11.8 Å². The smallest absolute Gasteiger partial charge is 0.412 e. The maximum absolute atomic E-state index is 12.4. The molecule has 0 radical (unpaired) electrons. The van der Waals surface area contributed by atoms with Crippen LogP contribution < -0.4 is 5.32 Å². The fourth-order valence-electron chi connectivity index (χ4n) is 3.37. The number of aryl methyl sites for hydroxylation is 1. The number of hydrogen-bond donors (Lipinski definition) is 1. The number of benzene rings is 2. The first-order chi connectivity index (χ1) is 14.7. The maximum Gasteiger partial charge on any atom is 0.412 e. The van der Waals surface area contributed by atoms with Crippen molar-refractivity contribution in [3.8, 4) is 22.4 Å². The largest absolute Gasteiger partial charge is 0.446 e. The number of anilines is 1. The van der Waals surface area contributed by atoms with E-state index in [1.165, 1.54) is 24.0 Å². The first-order valence-electron chi connectivity index (χ1n) is 10.9. The average molecular weight is 419 g/mol. The lowest BCUT2D eigenvalue weighted by molar-refractivity contribution is 0.0527. The van der Waals surface area contributed by atoms with Gasteiger partial charge < -0.3 is 9.26 Å². The van der Waals surface area contributed by atoms with Crippen LogP contribution in [0.3, 0.4) is 0 Å². The molecular weight excluding hydrogens is 388 g/mol. The van der Waals surface area contributed by atoms with E-state index in [9.17, 15) is 4.79 Å². The van der Waals surface area contributed by atoms with Gasteiger partial charge in [-0.25, -0.2) is 4.79 Å². The van der Waals surface area contributed by atoms with Crippen molar-refractivity contribution in [1.82, 2.24) is 5.16 Å². The normalized spacial score (nSPS) is 14.9. The van der Waals surface area contributed by atoms with Crippen molar-refractivity contribution in [3.63, 3.8) is 0 Å². The van der Waals surface area contributed by atoms with Gasteiger partial charge in [-0.05, 0) is 54.7 Å². The van der Waals surface area contributed by atoms with Gasteiger partial charge >= 0.3 is 6.09 Å². The number of amides is 1. The van der Waals surface area contributed by atoms with Crippen LogP contribution in [0.2, 0.25) is 0 Å². The molecule has 1 heterocycles. The molecule has 1 N–H and O–H groups in total. The summed E-state index contributed by atoms with van der Waals surface area (Å²) in [5.41, 5.74) is 5.61. The van der Waals surface area contributed by atoms with Crippen LogP contribution in [0, 0.1) is 12.3 Å². The van der Waals surface area contributed by atoms with Crippen molar-refractivity contribution in [3.05, 3.63) is 59.9 Å². The van der Waals surface area contributed by atoms with Crippen molar-refractivity contribution in [2.45, 2.75) is 59.5 Å². The Morgan fingerprint density at radius 2 is 1.58 bits per heavy atom. The standard InChI is InChI=1S/C26H30N2O3/c1-16-23(27-25(29)30-17(2)26(3,4)5)24(28-31-16)22-14-12-21(13-15-22)20-10-8-19(9-11-20)18-6-7-18/h8-15,17-18H,6-7H2,1-5H3,(H,27,29)/t17-/m1/s1. The van der Waals surface area contributed by atoms with Crippen LogP contribution in [0.5, 0.6) is 0 Å². The van der Waals surface area contributed by atoms with Crippen LogP contribution in [0.1, 0.15) is 57.8 Å². The summed E-state index contributed by atoms with van der Waals surface area (Å²) >= 11 is 0. The fourth-order valence-corrected chi connectivity index (χ4v) is 3.37. The maximum atomic E-state index is 12.4. The summed E-state index contributed by atoms with van der Waals surface area (Å²) in [7, 11) is 0. The number of ether oxygens (including phenoxy) is 1. The van der Waals surface area contributed by atoms with Crippen molar-refractivity contribution in [2.24, 2.45) is 5.41 Å². The predicted molar refractivity (Wildman–Crippen MR) is 123 cm³/mol. The number of nitrogens with zero attached hydrogens (tertiary/aromatic N) is 1. The Kier molecular flexibility index (Phi) is 5.61. The van der Waals surface area contributed by atoms with E-state index in [4.69, 9.17) is 9.26 Å². The summed E-state index contributed by atoms with van der Waals surface area (Å²) < 4.78 is 10.9. The lowest BCUT2D eigenvalue weighted by atomic mass is 9.90. The molecule has 0 saturated heterocycles. The van der Waals surface area contributed by atoms with Gasteiger partial charge in [0, 0.05) is 5.56 Å². The van der Waals surface area contributed by atoms with E-state index in [0.717, 1.165) is 17.0 Å². The molecule has 1 aliphatic rings. The van der Waals surface area contributed by atoms with E-state index in [-0.39, 0.29) is 11.5 Å². The third-order valence-electron chi connectivity index (χ3n) is 6.04. The highest BCUT2D eigenvalue weighted by Crippen LogP contribution is 2.40. The lowest BCUT2D eigenvalue weighted by Crippen LogP contribution is -2.30. The number of carbonyl (C=O) groups is 1. The molecule has 31 heavy (non-hydrogen) atoms. The van der Waals surface area contributed by atoms with Gasteiger partial charge in [-0.3, -0.25) is 5.32 Å². The van der Waals surface area contributed by atoms with Gasteiger partial charge in [-0.2, -0.15) is 0 Å². The van der Waals surface area contributed by atoms with E-state index in [2.05, 4.69) is 46.9 Å². The second-order valence-corrected chi connectivity index (χ2v) is 9.47. The molecule has 5 heteroatoms. The Balaban J connectivity index is 1.50. The lowest BCUT2D eigenvalue weighted by Gasteiger charge is -2.26. The molecule has 1 fully saturated rings. The fraction of sp³-hybridized carbons (Fsp3) is 0.385. The highest BCUT2D eigenvalue weighted by atomic mass is 16.6. The van der Waals surface area contributed by atoms with Crippen molar-refractivity contribution in [1.29, 1.82) is 0 Å². The molecule has 0 bridgehead atoms. The van der Waals surface area contributed by atoms with Crippen molar-refractivity contribution < 1.29 is 14.1 Å². The SMILES string of the molecule is Cc1onc(-c2ccc(-c3ccc(C4CC4)cc3)cc2)c1NC(=O)O[C@H](C)C(C)(C)C. The van der Waals surface area contributed by atoms with Gasteiger partial charge in [-0.15, -0.1) is 0 Å². The summed E-state index contributed by atoms with van der Waals surface area (Å²) in [4.78, 5) is 12.4. The molecular formula is C26H30N2O3. The highest BCUT2D eigenvalue weighted by molar-refractivity contribution is 5.91. The molecule has 1 aliphatic carbocycles. The third-order valence-corrected chi connectivity index (χ3v) is 6.04. The molecule has 1 atom stereocenters. The molecule has 4 rings (SSSR count). The van der Waals surface area contributed by atoms with Gasteiger partial charge in [0.2, 0.25) is 0 Å². The second-order valence-electron chi connectivity index (χ2n) is 9.47. The third kappa shape index (κ3) is 4.82. The van der Waals surface area contributed by atoms with Crippen LogP contribution in [0.25, 0.3) is 22.4 Å². The summed E-state index contributed by atoms with van der Waals surface area (Å²) in [5, 5.41) is 6.97. The first kappa shape index (κ1) is 21.2. The summed E-state index contributed by atoms with van der Waals surface area (Å²) in [6.45, 7) is 9.75. The number of nitrogens with one attached hydrogen (secondary N) is 1. The Bertz CT molecular complexity index is 1060. The van der Waals surface area contributed by atoms with E-state index in [1.807, 2.05) is 39.8 Å². The van der Waals surface area contributed by atoms with E-state index in [1.54, 1.807) is 6.92 Å². The molecule has 0 spiro atoms. The van der Waals surface area contributed by atoms with Gasteiger partial charge in [0.1, 0.15) is 17.5 Å². The Labute approximate surface area is 183 Å².